The highest BCUT2D eigenvalue weighted by atomic mass is 32.2. The smallest absolute Gasteiger partial charge is 0.239 e. The summed E-state index contributed by atoms with van der Waals surface area (Å²) in [4.78, 5) is 29.4. The number of carbonyl (C=O) groups is 2. The summed E-state index contributed by atoms with van der Waals surface area (Å²) < 4.78 is 0. The monoisotopic (exact) mass is 447 g/mol. The zero-order chi connectivity index (χ0) is 21.8. The summed E-state index contributed by atoms with van der Waals surface area (Å²) in [6.45, 7) is 3.32. The van der Waals surface area contributed by atoms with Crippen LogP contribution in [-0.4, -0.2) is 22.0 Å². The van der Waals surface area contributed by atoms with Gasteiger partial charge in [-0.3, -0.25) is 9.59 Å². The predicted octanol–water partition coefficient (Wildman–Crippen LogP) is 6.04. The van der Waals surface area contributed by atoms with Crippen molar-refractivity contribution >= 4 is 56.5 Å². The van der Waals surface area contributed by atoms with Gasteiger partial charge in [0, 0.05) is 28.5 Å². The van der Waals surface area contributed by atoms with Crippen LogP contribution in [0.15, 0.2) is 77.0 Å². The summed E-state index contributed by atoms with van der Waals surface area (Å²) in [5, 5.41) is 10.2. The van der Waals surface area contributed by atoms with E-state index in [-0.39, 0.29) is 17.1 Å². The van der Waals surface area contributed by atoms with Gasteiger partial charge in [0.1, 0.15) is 0 Å². The second-order valence-electron chi connectivity index (χ2n) is 7.06. The summed E-state index contributed by atoms with van der Waals surface area (Å²) in [7, 11) is 0. The molecule has 1 unspecified atom stereocenters. The molecule has 0 saturated heterocycles. The number of thioether (sulfide) groups is 1. The molecule has 0 bridgehead atoms. The van der Waals surface area contributed by atoms with E-state index in [2.05, 4.69) is 39.9 Å². The Hall–Kier alpha value is -3.16. The lowest BCUT2D eigenvalue weighted by molar-refractivity contribution is -0.115. The van der Waals surface area contributed by atoms with E-state index in [4.69, 9.17) is 0 Å². The van der Waals surface area contributed by atoms with Gasteiger partial charge in [0.05, 0.1) is 10.9 Å². The van der Waals surface area contributed by atoms with Crippen LogP contribution in [0.2, 0.25) is 0 Å². The van der Waals surface area contributed by atoms with E-state index in [1.165, 1.54) is 35.4 Å². The van der Waals surface area contributed by atoms with Crippen LogP contribution in [0.25, 0.3) is 22.0 Å². The lowest BCUT2D eigenvalue weighted by Crippen LogP contribution is -2.22. The van der Waals surface area contributed by atoms with Crippen LogP contribution in [0.1, 0.15) is 13.8 Å². The van der Waals surface area contributed by atoms with Crippen molar-refractivity contribution in [1.82, 2.24) is 4.98 Å². The molecule has 0 aliphatic rings. The molecule has 0 fully saturated rings. The predicted molar refractivity (Wildman–Crippen MR) is 130 cm³/mol. The minimum Gasteiger partial charge on any atom is -0.326 e. The molecule has 0 aliphatic heterocycles. The molecule has 7 heteroatoms. The third-order valence-corrected chi connectivity index (χ3v) is 6.47. The van der Waals surface area contributed by atoms with Gasteiger partial charge in [-0.1, -0.05) is 42.5 Å². The number of fused-ring (bicyclic) bond motifs is 1. The van der Waals surface area contributed by atoms with Crippen LogP contribution in [0.4, 0.5) is 10.8 Å². The molecule has 0 spiro atoms. The van der Waals surface area contributed by atoms with Crippen molar-refractivity contribution < 1.29 is 9.59 Å². The Kier molecular flexibility index (Phi) is 6.34. The fourth-order valence-corrected chi connectivity index (χ4v) is 4.78. The Morgan fingerprint density at radius 3 is 2.58 bits per heavy atom. The minimum absolute atomic E-state index is 0.116. The molecular formula is C24H21N3O2S2. The number of nitrogens with one attached hydrogen (secondary N) is 2. The number of benzene rings is 3. The summed E-state index contributed by atoms with van der Waals surface area (Å²) >= 11 is 2.84. The van der Waals surface area contributed by atoms with Crippen molar-refractivity contribution in [2.24, 2.45) is 0 Å². The van der Waals surface area contributed by atoms with Crippen LogP contribution in [0.3, 0.4) is 0 Å². The molecule has 0 radical (unpaired) electrons. The van der Waals surface area contributed by atoms with E-state index >= 15 is 0 Å². The third-order valence-electron chi connectivity index (χ3n) is 4.62. The second kappa shape index (κ2) is 9.32. The van der Waals surface area contributed by atoms with Crippen molar-refractivity contribution in [1.29, 1.82) is 0 Å². The van der Waals surface area contributed by atoms with Gasteiger partial charge in [0.15, 0.2) is 5.13 Å². The number of hydrogen-bond acceptors (Lipinski definition) is 5. The van der Waals surface area contributed by atoms with E-state index < -0.39 is 0 Å². The number of rotatable bonds is 6. The molecule has 5 nitrogen and oxygen atoms in total. The zero-order valence-corrected chi connectivity index (χ0v) is 18.7. The molecule has 1 atom stereocenters. The van der Waals surface area contributed by atoms with Gasteiger partial charge in [-0.15, -0.1) is 23.1 Å². The molecule has 1 heterocycles. The van der Waals surface area contributed by atoms with Crippen LogP contribution >= 0.6 is 23.1 Å². The molecule has 0 saturated carbocycles. The Balaban J connectivity index is 1.41. The maximum absolute atomic E-state index is 12.7. The van der Waals surface area contributed by atoms with Crippen LogP contribution in [0, 0.1) is 0 Å². The molecule has 4 aromatic rings. The standard InChI is InChI=1S/C24H21N3O2S2/c1-15(31-21-9-5-8-20(13-21)25-16(2)28)23(29)27-24-26-22(14-30-24)19-11-10-17-6-3-4-7-18(17)12-19/h3-15H,1-2H3,(H,25,28)(H,26,27,29). The van der Waals surface area contributed by atoms with E-state index in [9.17, 15) is 9.59 Å². The van der Waals surface area contributed by atoms with Gasteiger partial charge in [0.25, 0.3) is 0 Å². The van der Waals surface area contributed by atoms with E-state index in [0.29, 0.717) is 10.8 Å². The minimum atomic E-state index is -0.319. The maximum atomic E-state index is 12.7. The first-order valence-electron chi connectivity index (χ1n) is 9.78. The summed E-state index contributed by atoms with van der Waals surface area (Å²) in [6.07, 6.45) is 0. The van der Waals surface area contributed by atoms with Gasteiger partial charge >= 0.3 is 0 Å². The number of amides is 2. The van der Waals surface area contributed by atoms with E-state index in [1.54, 1.807) is 0 Å². The van der Waals surface area contributed by atoms with E-state index in [1.807, 2.05) is 54.8 Å². The fraction of sp³-hybridized carbons (Fsp3) is 0.125. The second-order valence-corrected chi connectivity index (χ2v) is 9.33. The highest BCUT2D eigenvalue weighted by Gasteiger charge is 2.17. The van der Waals surface area contributed by atoms with Crippen molar-refractivity contribution in [3.8, 4) is 11.3 Å². The molecule has 1 aromatic heterocycles. The number of carbonyl (C=O) groups excluding carboxylic acids is 2. The highest BCUT2D eigenvalue weighted by Crippen LogP contribution is 2.30. The molecule has 4 rings (SSSR count). The fourth-order valence-electron chi connectivity index (χ4n) is 3.13. The Labute approximate surface area is 188 Å². The van der Waals surface area contributed by atoms with Crippen molar-refractivity contribution in [2.75, 3.05) is 10.6 Å². The van der Waals surface area contributed by atoms with Gasteiger partial charge < -0.3 is 10.6 Å². The first-order valence-corrected chi connectivity index (χ1v) is 11.5. The topological polar surface area (TPSA) is 71.1 Å². The van der Waals surface area contributed by atoms with Gasteiger partial charge in [-0.05, 0) is 42.0 Å². The number of anilines is 2. The first kappa shape index (κ1) is 21.1. The zero-order valence-electron chi connectivity index (χ0n) is 17.1. The normalized spacial score (nSPS) is 11.8. The first-order chi connectivity index (χ1) is 15.0. The summed E-state index contributed by atoms with van der Waals surface area (Å²) in [6, 6.07) is 21.9. The summed E-state index contributed by atoms with van der Waals surface area (Å²) in [5.74, 6) is -0.242. The van der Waals surface area contributed by atoms with Crippen LogP contribution < -0.4 is 10.6 Å². The number of hydrogen-bond donors (Lipinski definition) is 2. The average molecular weight is 448 g/mol. The molecule has 2 N–H and O–H groups in total. The lowest BCUT2D eigenvalue weighted by Gasteiger charge is -2.11. The number of nitrogens with zero attached hydrogens (tertiary/aromatic N) is 1. The maximum Gasteiger partial charge on any atom is 0.239 e. The molecule has 2 amide bonds. The molecule has 156 valence electrons. The van der Waals surface area contributed by atoms with Crippen molar-refractivity contribution in [2.45, 2.75) is 24.0 Å². The van der Waals surface area contributed by atoms with Gasteiger partial charge in [-0.2, -0.15) is 0 Å². The van der Waals surface area contributed by atoms with Crippen LogP contribution in [-0.2, 0) is 9.59 Å². The largest absolute Gasteiger partial charge is 0.326 e. The molecule has 31 heavy (non-hydrogen) atoms. The Morgan fingerprint density at radius 2 is 1.77 bits per heavy atom. The van der Waals surface area contributed by atoms with Gasteiger partial charge in [-0.25, -0.2) is 4.98 Å². The average Bonchev–Trinajstić information content (AvgIpc) is 3.21. The number of thiazole rings is 1. The summed E-state index contributed by atoms with van der Waals surface area (Å²) in [5.41, 5.74) is 2.58. The van der Waals surface area contributed by atoms with Crippen molar-refractivity contribution in [3.63, 3.8) is 0 Å². The molecular weight excluding hydrogens is 426 g/mol. The quantitative estimate of drug-likeness (QED) is 0.354. The number of aromatic nitrogens is 1. The Morgan fingerprint density at radius 1 is 0.968 bits per heavy atom. The van der Waals surface area contributed by atoms with E-state index in [0.717, 1.165) is 21.5 Å². The lowest BCUT2D eigenvalue weighted by atomic mass is 10.1. The Bertz CT molecular complexity index is 1250. The third kappa shape index (κ3) is 5.31. The SMILES string of the molecule is CC(=O)Nc1cccc(SC(C)C(=O)Nc2nc(-c3ccc4ccccc4c3)cs2)c1. The van der Waals surface area contributed by atoms with Gasteiger partial charge in [0.2, 0.25) is 11.8 Å². The molecule has 3 aromatic carbocycles. The molecule has 0 aliphatic carbocycles. The highest BCUT2D eigenvalue weighted by molar-refractivity contribution is 8.00. The van der Waals surface area contributed by atoms with Crippen molar-refractivity contribution in [3.05, 3.63) is 72.1 Å². The van der Waals surface area contributed by atoms with Crippen LogP contribution in [0.5, 0.6) is 0 Å².